The van der Waals surface area contributed by atoms with E-state index in [1.54, 1.807) is 5.51 Å². The molecule has 19 heavy (non-hydrogen) atoms. The lowest BCUT2D eigenvalue weighted by atomic mass is 9.98. The number of aryl methyl sites for hydroxylation is 2. The Morgan fingerprint density at radius 2 is 2.16 bits per heavy atom. The second-order valence-electron chi connectivity index (χ2n) is 4.12. The molecule has 0 bridgehead atoms. The van der Waals surface area contributed by atoms with Gasteiger partial charge in [-0.25, -0.2) is 0 Å². The van der Waals surface area contributed by atoms with Crippen LogP contribution in [0.1, 0.15) is 35.3 Å². The third kappa shape index (κ3) is 3.64. The number of aromatic nitrogens is 2. The standard InChI is InChI=1S/C14H16N2OS2/c1-3-10-5-6-11(4-2)12(7-10)13(17)8-18-14-16-15-9-19-14/h5-7,9H,3-4,8H2,1-2H3. The minimum atomic E-state index is 0.173. The minimum absolute atomic E-state index is 0.173. The van der Waals surface area contributed by atoms with Gasteiger partial charge in [0.2, 0.25) is 0 Å². The molecule has 1 aromatic carbocycles. The Hall–Kier alpha value is -1.20. The van der Waals surface area contributed by atoms with Crippen molar-refractivity contribution < 1.29 is 4.79 Å². The molecule has 2 aromatic rings. The van der Waals surface area contributed by atoms with E-state index < -0.39 is 0 Å². The highest BCUT2D eigenvalue weighted by Gasteiger charge is 2.12. The molecule has 0 amide bonds. The van der Waals surface area contributed by atoms with E-state index in [4.69, 9.17) is 0 Å². The van der Waals surface area contributed by atoms with Gasteiger partial charge in [-0.1, -0.05) is 49.1 Å². The molecule has 0 aliphatic carbocycles. The van der Waals surface area contributed by atoms with Crippen molar-refractivity contribution in [2.45, 2.75) is 31.0 Å². The maximum absolute atomic E-state index is 12.3. The number of Topliss-reactive ketones (excluding diaryl/α,β-unsaturated/α-hetero) is 1. The Labute approximate surface area is 121 Å². The predicted octanol–water partition coefficient (Wildman–Crippen LogP) is 3.64. The van der Waals surface area contributed by atoms with Gasteiger partial charge < -0.3 is 0 Å². The van der Waals surface area contributed by atoms with Crippen LogP contribution < -0.4 is 0 Å². The van der Waals surface area contributed by atoms with Crippen LogP contribution in [0.5, 0.6) is 0 Å². The zero-order valence-electron chi connectivity index (χ0n) is 11.0. The average molecular weight is 292 g/mol. The van der Waals surface area contributed by atoms with Gasteiger partial charge in [0, 0.05) is 5.56 Å². The number of thioether (sulfide) groups is 1. The van der Waals surface area contributed by atoms with Crippen molar-refractivity contribution >= 4 is 28.9 Å². The molecule has 100 valence electrons. The van der Waals surface area contributed by atoms with E-state index >= 15 is 0 Å². The van der Waals surface area contributed by atoms with Crippen LogP contribution in [0.25, 0.3) is 0 Å². The molecule has 0 aliphatic rings. The lowest BCUT2D eigenvalue weighted by Gasteiger charge is -2.08. The van der Waals surface area contributed by atoms with E-state index in [0.29, 0.717) is 5.75 Å². The third-order valence-corrected chi connectivity index (χ3v) is 4.79. The van der Waals surface area contributed by atoms with Gasteiger partial charge in [-0.15, -0.1) is 10.2 Å². The molecule has 0 saturated carbocycles. The van der Waals surface area contributed by atoms with Crippen molar-refractivity contribution in [1.82, 2.24) is 10.2 Å². The number of carbonyl (C=O) groups excluding carboxylic acids is 1. The van der Waals surface area contributed by atoms with Crippen LogP contribution in [0, 0.1) is 0 Å². The number of nitrogens with zero attached hydrogens (tertiary/aromatic N) is 2. The lowest BCUT2D eigenvalue weighted by molar-refractivity contribution is 0.102. The molecule has 0 unspecified atom stereocenters. The molecule has 1 aromatic heterocycles. The summed E-state index contributed by atoms with van der Waals surface area (Å²) >= 11 is 2.92. The molecule has 0 saturated heterocycles. The first kappa shape index (κ1) is 14.2. The first-order valence-corrected chi connectivity index (χ1v) is 8.15. The predicted molar refractivity (Wildman–Crippen MR) is 80.2 cm³/mol. The lowest BCUT2D eigenvalue weighted by Crippen LogP contribution is -2.07. The van der Waals surface area contributed by atoms with Crippen LogP contribution >= 0.6 is 23.1 Å². The molecule has 5 heteroatoms. The maximum atomic E-state index is 12.3. The number of carbonyl (C=O) groups is 1. The van der Waals surface area contributed by atoms with Crippen molar-refractivity contribution in [3.8, 4) is 0 Å². The van der Waals surface area contributed by atoms with Crippen molar-refractivity contribution in [3.63, 3.8) is 0 Å². The quantitative estimate of drug-likeness (QED) is 0.602. The van der Waals surface area contributed by atoms with Gasteiger partial charge in [-0.3, -0.25) is 4.79 Å². The number of hydrogen-bond acceptors (Lipinski definition) is 5. The van der Waals surface area contributed by atoms with Crippen LogP contribution in [0.4, 0.5) is 0 Å². The fourth-order valence-corrected chi connectivity index (χ4v) is 3.21. The number of rotatable bonds is 6. The number of ketones is 1. The van der Waals surface area contributed by atoms with E-state index in [-0.39, 0.29) is 5.78 Å². The van der Waals surface area contributed by atoms with Gasteiger partial charge in [0.15, 0.2) is 10.1 Å². The first-order chi connectivity index (χ1) is 9.24. The Bertz CT molecular complexity index is 553. The summed E-state index contributed by atoms with van der Waals surface area (Å²) in [6.07, 6.45) is 1.84. The highest BCUT2D eigenvalue weighted by Crippen LogP contribution is 2.22. The van der Waals surface area contributed by atoms with Crippen molar-refractivity contribution in [2.24, 2.45) is 0 Å². The number of hydrogen-bond donors (Lipinski definition) is 0. The van der Waals surface area contributed by atoms with Crippen LogP contribution in [0.3, 0.4) is 0 Å². The number of benzene rings is 1. The van der Waals surface area contributed by atoms with E-state index in [2.05, 4.69) is 36.2 Å². The molecule has 1 heterocycles. The summed E-state index contributed by atoms with van der Waals surface area (Å²) in [7, 11) is 0. The van der Waals surface area contributed by atoms with Gasteiger partial charge in [0.25, 0.3) is 0 Å². The molecule has 0 radical (unpaired) electrons. The zero-order valence-corrected chi connectivity index (χ0v) is 12.7. The molecule has 0 fully saturated rings. The summed E-state index contributed by atoms with van der Waals surface area (Å²) < 4.78 is 0.845. The summed E-state index contributed by atoms with van der Waals surface area (Å²) in [6.45, 7) is 4.18. The highest BCUT2D eigenvalue weighted by molar-refractivity contribution is 8.01. The maximum Gasteiger partial charge on any atom is 0.174 e. The topological polar surface area (TPSA) is 42.9 Å². The van der Waals surface area contributed by atoms with Crippen molar-refractivity contribution in [2.75, 3.05) is 5.75 Å². The van der Waals surface area contributed by atoms with Crippen LogP contribution in [0.15, 0.2) is 28.0 Å². The fourth-order valence-electron chi connectivity index (χ4n) is 1.84. The minimum Gasteiger partial charge on any atom is -0.293 e. The van der Waals surface area contributed by atoms with Crippen LogP contribution in [-0.2, 0) is 12.8 Å². The third-order valence-electron chi connectivity index (χ3n) is 2.93. The Morgan fingerprint density at radius 1 is 1.32 bits per heavy atom. The summed E-state index contributed by atoms with van der Waals surface area (Å²) in [5.74, 6) is 0.599. The zero-order chi connectivity index (χ0) is 13.7. The first-order valence-electron chi connectivity index (χ1n) is 6.28. The summed E-state index contributed by atoms with van der Waals surface area (Å²) in [6, 6.07) is 6.21. The Morgan fingerprint density at radius 3 is 2.79 bits per heavy atom. The van der Waals surface area contributed by atoms with Gasteiger partial charge in [0.05, 0.1) is 5.75 Å². The second kappa shape index (κ2) is 6.82. The van der Waals surface area contributed by atoms with E-state index in [0.717, 1.165) is 28.3 Å². The van der Waals surface area contributed by atoms with Crippen molar-refractivity contribution in [1.29, 1.82) is 0 Å². The monoisotopic (exact) mass is 292 g/mol. The van der Waals surface area contributed by atoms with Crippen LogP contribution in [0.2, 0.25) is 0 Å². The van der Waals surface area contributed by atoms with Crippen molar-refractivity contribution in [3.05, 3.63) is 40.4 Å². The summed E-state index contributed by atoms with van der Waals surface area (Å²) in [4.78, 5) is 12.3. The van der Waals surface area contributed by atoms with E-state index in [1.807, 2.05) is 6.07 Å². The average Bonchev–Trinajstić information content (AvgIpc) is 2.97. The molecule has 0 atom stereocenters. The molecule has 2 rings (SSSR count). The fraction of sp³-hybridized carbons (Fsp3) is 0.357. The molecule has 0 aliphatic heterocycles. The normalized spacial score (nSPS) is 10.6. The Kier molecular flexibility index (Phi) is 5.10. The van der Waals surface area contributed by atoms with Gasteiger partial charge in [-0.05, 0) is 30.0 Å². The van der Waals surface area contributed by atoms with Gasteiger partial charge in [0.1, 0.15) is 5.51 Å². The molecule has 0 spiro atoms. The smallest absolute Gasteiger partial charge is 0.174 e. The van der Waals surface area contributed by atoms with Gasteiger partial charge in [-0.2, -0.15) is 0 Å². The van der Waals surface area contributed by atoms with Crippen LogP contribution in [-0.4, -0.2) is 21.7 Å². The molecule has 0 N–H and O–H groups in total. The molecular weight excluding hydrogens is 276 g/mol. The molecule has 3 nitrogen and oxygen atoms in total. The summed E-state index contributed by atoms with van der Waals surface area (Å²) in [5.41, 5.74) is 4.88. The SMILES string of the molecule is CCc1ccc(CC)c(C(=O)CSc2nncs2)c1. The van der Waals surface area contributed by atoms with E-state index in [1.165, 1.54) is 28.7 Å². The second-order valence-corrected chi connectivity index (χ2v) is 6.17. The Balaban J connectivity index is 2.12. The van der Waals surface area contributed by atoms with Gasteiger partial charge >= 0.3 is 0 Å². The largest absolute Gasteiger partial charge is 0.293 e. The highest BCUT2D eigenvalue weighted by atomic mass is 32.2. The van der Waals surface area contributed by atoms with E-state index in [9.17, 15) is 4.79 Å². The summed E-state index contributed by atoms with van der Waals surface area (Å²) in [5, 5.41) is 7.71. The molecular formula is C14H16N2OS2.